The summed E-state index contributed by atoms with van der Waals surface area (Å²) in [5, 5.41) is 14.3. The summed E-state index contributed by atoms with van der Waals surface area (Å²) < 4.78 is 5.19. The summed E-state index contributed by atoms with van der Waals surface area (Å²) in [6.45, 7) is 0.319. The zero-order valence-electron chi connectivity index (χ0n) is 12.6. The third-order valence-corrected chi connectivity index (χ3v) is 3.53. The number of benzene rings is 2. The molecule has 0 amide bonds. The standard InChI is InChI=1S/C18H14N2O4/c21-18(13-5-2-1-3-6-13)14-8-9-16(17(11-14)20(22)23)19-12-15-7-4-10-24-15/h1-11,19H,12H2. The lowest BCUT2D eigenvalue weighted by atomic mass is 10.0. The first-order valence-corrected chi connectivity index (χ1v) is 7.29. The van der Waals surface area contributed by atoms with E-state index in [-0.39, 0.29) is 17.0 Å². The number of carbonyl (C=O) groups is 1. The number of nitrogens with one attached hydrogen (secondary N) is 1. The second-order valence-electron chi connectivity index (χ2n) is 5.12. The minimum Gasteiger partial charge on any atom is -0.467 e. The van der Waals surface area contributed by atoms with Gasteiger partial charge in [0.25, 0.3) is 5.69 Å². The zero-order chi connectivity index (χ0) is 16.9. The third-order valence-electron chi connectivity index (χ3n) is 3.53. The van der Waals surface area contributed by atoms with Crippen molar-refractivity contribution in [2.75, 3.05) is 5.32 Å². The van der Waals surface area contributed by atoms with E-state index in [1.165, 1.54) is 18.4 Å². The summed E-state index contributed by atoms with van der Waals surface area (Å²) in [5.74, 6) is 0.407. The average Bonchev–Trinajstić information content (AvgIpc) is 3.13. The number of nitro benzene ring substituents is 1. The minimum absolute atomic E-state index is 0.150. The van der Waals surface area contributed by atoms with Crippen LogP contribution in [0.1, 0.15) is 21.7 Å². The molecule has 0 atom stereocenters. The van der Waals surface area contributed by atoms with Crippen molar-refractivity contribution in [1.29, 1.82) is 0 Å². The van der Waals surface area contributed by atoms with Crippen LogP contribution in [0.2, 0.25) is 0 Å². The van der Waals surface area contributed by atoms with E-state index in [0.29, 0.717) is 23.6 Å². The summed E-state index contributed by atoms with van der Waals surface area (Å²) >= 11 is 0. The lowest BCUT2D eigenvalue weighted by Crippen LogP contribution is -2.05. The third kappa shape index (κ3) is 3.33. The van der Waals surface area contributed by atoms with E-state index in [2.05, 4.69) is 5.32 Å². The highest BCUT2D eigenvalue weighted by atomic mass is 16.6. The molecule has 3 aromatic rings. The SMILES string of the molecule is O=C(c1ccccc1)c1ccc(NCc2ccco2)c([N+](=O)[O-])c1. The van der Waals surface area contributed by atoms with Crippen LogP contribution >= 0.6 is 0 Å². The van der Waals surface area contributed by atoms with Gasteiger partial charge in [-0.2, -0.15) is 0 Å². The van der Waals surface area contributed by atoms with E-state index >= 15 is 0 Å². The molecule has 0 radical (unpaired) electrons. The summed E-state index contributed by atoms with van der Waals surface area (Å²) in [4.78, 5) is 23.2. The first-order valence-electron chi connectivity index (χ1n) is 7.29. The molecule has 120 valence electrons. The Morgan fingerprint density at radius 1 is 1.04 bits per heavy atom. The fourth-order valence-electron chi connectivity index (χ4n) is 2.33. The fraction of sp³-hybridized carbons (Fsp3) is 0.0556. The second kappa shape index (κ2) is 6.78. The summed E-state index contributed by atoms with van der Waals surface area (Å²) in [6.07, 6.45) is 1.53. The average molecular weight is 322 g/mol. The minimum atomic E-state index is -0.508. The Morgan fingerprint density at radius 2 is 1.83 bits per heavy atom. The normalized spacial score (nSPS) is 10.3. The van der Waals surface area contributed by atoms with Crippen LogP contribution < -0.4 is 5.32 Å². The monoisotopic (exact) mass is 322 g/mol. The Morgan fingerprint density at radius 3 is 2.50 bits per heavy atom. The predicted octanol–water partition coefficient (Wildman–Crippen LogP) is 4.03. The molecule has 0 aliphatic carbocycles. The van der Waals surface area contributed by atoms with Crippen molar-refractivity contribution >= 4 is 17.2 Å². The van der Waals surface area contributed by atoms with Gasteiger partial charge in [-0.05, 0) is 24.3 Å². The van der Waals surface area contributed by atoms with Crippen LogP contribution in [0, 0.1) is 10.1 Å². The lowest BCUT2D eigenvalue weighted by molar-refractivity contribution is -0.384. The van der Waals surface area contributed by atoms with Gasteiger partial charge in [-0.15, -0.1) is 0 Å². The highest BCUT2D eigenvalue weighted by molar-refractivity contribution is 6.09. The van der Waals surface area contributed by atoms with Crippen molar-refractivity contribution in [2.24, 2.45) is 0 Å². The fourth-order valence-corrected chi connectivity index (χ4v) is 2.33. The molecule has 0 saturated carbocycles. The number of anilines is 1. The predicted molar refractivity (Wildman–Crippen MR) is 89.0 cm³/mol. The molecule has 6 nitrogen and oxygen atoms in total. The molecule has 1 N–H and O–H groups in total. The molecule has 6 heteroatoms. The van der Waals surface area contributed by atoms with E-state index in [1.54, 1.807) is 48.5 Å². The number of furan rings is 1. The van der Waals surface area contributed by atoms with E-state index < -0.39 is 4.92 Å². The molecular weight excluding hydrogens is 308 g/mol. The van der Waals surface area contributed by atoms with Crippen molar-refractivity contribution in [3.8, 4) is 0 Å². The maximum absolute atomic E-state index is 12.4. The van der Waals surface area contributed by atoms with E-state index in [9.17, 15) is 14.9 Å². The van der Waals surface area contributed by atoms with Gasteiger partial charge in [0, 0.05) is 17.2 Å². The van der Waals surface area contributed by atoms with Crippen LogP contribution in [-0.4, -0.2) is 10.7 Å². The van der Waals surface area contributed by atoms with Crippen molar-refractivity contribution in [3.05, 3.63) is 93.9 Å². The molecule has 24 heavy (non-hydrogen) atoms. The smallest absolute Gasteiger partial charge is 0.293 e. The Balaban J connectivity index is 1.87. The highest BCUT2D eigenvalue weighted by Crippen LogP contribution is 2.27. The first-order chi connectivity index (χ1) is 11.6. The van der Waals surface area contributed by atoms with E-state index in [0.717, 1.165) is 0 Å². The number of hydrogen-bond acceptors (Lipinski definition) is 5. The van der Waals surface area contributed by atoms with Gasteiger partial charge in [-0.1, -0.05) is 30.3 Å². The number of nitro groups is 1. The van der Waals surface area contributed by atoms with Crippen molar-refractivity contribution in [2.45, 2.75) is 6.54 Å². The van der Waals surface area contributed by atoms with E-state index in [4.69, 9.17) is 4.42 Å². The van der Waals surface area contributed by atoms with Gasteiger partial charge < -0.3 is 9.73 Å². The maximum Gasteiger partial charge on any atom is 0.293 e. The highest BCUT2D eigenvalue weighted by Gasteiger charge is 2.18. The van der Waals surface area contributed by atoms with Gasteiger partial charge in [0.1, 0.15) is 11.4 Å². The summed E-state index contributed by atoms with van der Waals surface area (Å²) in [7, 11) is 0. The van der Waals surface area contributed by atoms with Crippen LogP contribution in [0.3, 0.4) is 0 Å². The van der Waals surface area contributed by atoms with Crippen LogP contribution in [0.4, 0.5) is 11.4 Å². The Bertz CT molecular complexity index is 858. The van der Waals surface area contributed by atoms with Gasteiger partial charge in [0.15, 0.2) is 5.78 Å². The molecule has 1 heterocycles. The lowest BCUT2D eigenvalue weighted by Gasteiger charge is -2.07. The number of hydrogen-bond donors (Lipinski definition) is 1. The first kappa shape index (κ1) is 15.5. The quantitative estimate of drug-likeness (QED) is 0.421. The molecule has 0 unspecified atom stereocenters. The van der Waals surface area contributed by atoms with Gasteiger partial charge in [-0.3, -0.25) is 14.9 Å². The van der Waals surface area contributed by atoms with Gasteiger partial charge in [-0.25, -0.2) is 0 Å². The number of carbonyl (C=O) groups excluding carboxylic acids is 1. The van der Waals surface area contributed by atoms with E-state index in [1.807, 2.05) is 0 Å². The second-order valence-corrected chi connectivity index (χ2v) is 5.12. The van der Waals surface area contributed by atoms with Gasteiger partial charge in [0.2, 0.25) is 0 Å². The molecule has 0 bridgehead atoms. The Kier molecular flexibility index (Phi) is 4.38. The zero-order valence-corrected chi connectivity index (χ0v) is 12.6. The molecule has 1 aromatic heterocycles. The molecule has 0 saturated heterocycles. The van der Waals surface area contributed by atoms with Crippen LogP contribution in [0.5, 0.6) is 0 Å². The molecule has 2 aromatic carbocycles. The van der Waals surface area contributed by atoms with Crippen LogP contribution in [0.25, 0.3) is 0 Å². The Labute approximate surface area is 137 Å². The topological polar surface area (TPSA) is 85.4 Å². The van der Waals surface area contributed by atoms with Crippen molar-refractivity contribution in [3.63, 3.8) is 0 Å². The molecule has 0 aliphatic rings. The van der Waals surface area contributed by atoms with Gasteiger partial charge in [0.05, 0.1) is 17.7 Å². The Hall–Kier alpha value is -3.41. The number of ketones is 1. The number of nitrogens with zero attached hydrogens (tertiary/aromatic N) is 1. The molecular formula is C18H14N2O4. The molecule has 0 fully saturated rings. The largest absolute Gasteiger partial charge is 0.467 e. The summed E-state index contributed by atoms with van der Waals surface area (Å²) in [5.41, 5.74) is 0.948. The van der Waals surface area contributed by atoms with Crippen molar-refractivity contribution < 1.29 is 14.1 Å². The number of rotatable bonds is 6. The summed E-state index contributed by atoms with van der Waals surface area (Å²) in [6, 6.07) is 16.6. The van der Waals surface area contributed by atoms with Crippen LogP contribution in [-0.2, 0) is 6.54 Å². The molecule has 3 rings (SSSR count). The van der Waals surface area contributed by atoms with Crippen LogP contribution in [0.15, 0.2) is 71.3 Å². The van der Waals surface area contributed by atoms with Gasteiger partial charge >= 0.3 is 0 Å². The molecule has 0 spiro atoms. The van der Waals surface area contributed by atoms with Crippen molar-refractivity contribution in [1.82, 2.24) is 0 Å². The molecule has 0 aliphatic heterocycles. The maximum atomic E-state index is 12.4.